The van der Waals surface area contributed by atoms with Crippen LogP contribution < -0.4 is 21.5 Å². The number of benzene rings is 1. The summed E-state index contributed by atoms with van der Waals surface area (Å²) in [6.45, 7) is 4.60. The summed E-state index contributed by atoms with van der Waals surface area (Å²) in [5, 5.41) is 3.35. The van der Waals surface area contributed by atoms with Gasteiger partial charge in [-0.25, -0.2) is 0 Å². The topological polar surface area (TPSA) is 93.6 Å². The van der Waals surface area contributed by atoms with E-state index < -0.39 is 0 Å². The van der Waals surface area contributed by atoms with E-state index in [1.807, 2.05) is 0 Å². The molecule has 1 aliphatic rings. The normalized spacial score (nSPS) is 16.1. The number of rotatable bonds is 7. The number of nitrogen functional groups attached to an aromatic ring is 1. The second kappa shape index (κ2) is 9.11. The molecule has 0 radical (unpaired) electrons. The average Bonchev–Trinajstić information content (AvgIpc) is 2.60. The number of ether oxygens (including phenoxy) is 1. The first-order chi connectivity index (χ1) is 11.5. The van der Waals surface area contributed by atoms with Crippen LogP contribution >= 0.6 is 11.6 Å². The molecule has 24 heavy (non-hydrogen) atoms. The Kier molecular flexibility index (Phi) is 7.15. The molecule has 1 aromatic rings. The molecule has 0 spiro atoms. The predicted octanol–water partition coefficient (Wildman–Crippen LogP) is 1.72. The lowest BCUT2D eigenvalue weighted by molar-refractivity contribution is 0.0933. The molecule has 0 atom stereocenters. The SMILES string of the molecule is COc1cc(N)c(Cl)cc1C(=O)NCC1CCN(CCCN)CC1. The molecule has 5 N–H and O–H groups in total. The minimum Gasteiger partial charge on any atom is -0.496 e. The summed E-state index contributed by atoms with van der Waals surface area (Å²) in [6.07, 6.45) is 3.22. The van der Waals surface area contributed by atoms with Crippen LogP contribution in [-0.2, 0) is 0 Å². The molecule has 0 unspecified atom stereocenters. The van der Waals surface area contributed by atoms with E-state index in [0.717, 1.165) is 45.4 Å². The van der Waals surface area contributed by atoms with Crippen LogP contribution in [0.5, 0.6) is 5.75 Å². The fraction of sp³-hybridized carbons (Fsp3) is 0.588. The number of hydrogen-bond acceptors (Lipinski definition) is 5. The molecule has 0 aromatic heterocycles. The predicted molar refractivity (Wildman–Crippen MR) is 97.6 cm³/mol. The van der Waals surface area contributed by atoms with Gasteiger partial charge in [0.05, 0.1) is 23.4 Å². The summed E-state index contributed by atoms with van der Waals surface area (Å²) in [7, 11) is 1.51. The average molecular weight is 355 g/mol. The Labute approximate surface area is 148 Å². The second-order valence-electron chi connectivity index (χ2n) is 6.21. The molecule has 1 aliphatic heterocycles. The fourth-order valence-electron chi connectivity index (χ4n) is 2.98. The second-order valence-corrected chi connectivity index (χ2v) is 6.62. The molecule has 0 saturated carbocycles. The molecule has 1 heterocycles. The highest BCUT2D eigenvalue weighted by molar-refractivity contribution is 6.33. The van der Waals surface area contributed by atoms with Crippen molar-refractivity contribution in [3.05, 3.63) is 22.7 Å². The van der Waals surface area contributed by atoms with Crippen LogP contribution in [-0.4, -0.2) is 50.6 Å². The van der Waals surface area contributed by atoms with Gasteiger partial charge in [0.1, 0.15) is 5.75 Å². The van der Waals surface area contributed by atoms with Gasteiger partial charge >= 0.3 is 0 Å². The van der Waals surface area contributed by atoms with Crippen LogP contribution in [0.4, 0.5) is 5.69 Å². The van der Waals surface area contributed by atoms with Gasteiger partial charge in [-0.3, -0.25) is 4.79 Å². The monoisotopic (exact) mass is 354 g/mol. The van der Waals surface area contributed by atoms with E-state index in [4.69, 9.17) is 27.8 Å². The van der Waals surface area contributed by atoms with Gasteiger partial charge in [0, 0.05) is 12.6 Å². The van der Waals surface area contributed by atoms with Crippen molar-refractivity contribution in [3.8, 4) is 5.75 Å². The molecule has 1 aromatic carbocycles. The van der Waals surface area contributed by atoms with Crippen LogP contribution in [0, 0.1) is 5.92 Å². The molecular weight excluding hydrogens is 328 g/mol. The van der Waals surface area contributed by atoms with Crippen molar-refractivity contribution in [2.45, 2.75) is 19.3 Å². The summed E-state index contributed by atoms with van der Waals surface area (Å²) in [4.78, 5) is 14.9. The smallest absolute Gasteiger partial charge is 0.255 e. The van der Waals surface area contributed by atoms with Crippen LogP contribution in [0.15, 0.2) is 12.1 Å². The largest absolute Gasteiger partial charge is 0.496 e. The van der Waals surface area contributed by atoms with E-state index in [2.05, 4.69) is 10.2 Å². The Bertz CT molecular complexity index is 560. The zero-order valence-corrected chi connectivity index (χ0v) is 14.9. The van der Waals surface area contributed by atoms with Crippen molar-refractivity contribution in [1.82, 2.24) is 10.2 Å². The summed E-state index contributed by atoms with van der Waals surface area (Å²) < 4.78 is 5.23. The van der Waals surface area contributed by atoms with E-state index in [9.17, 15) is 4.79 Å². The van der Waals surface area contributed by atoms with Gasteiger partial charge in [-0.2, -0.15) is 0 Å². The summed E-state index contributed by atoms with van der Waals surface area (Å²) in [5.41, 5.74) is 12.1. The fourth-order valence-corrected chi connectivity index (χ4v) is 3.14. The summed E-state index contributed by atoms with van der Waals surface area (Å²) >= 11 is 6.02. The summed E-state index contributed by atoms with van der Waals surface area (Å²) in [6, 6.07) is 3.13. The maximum Gasteiger partial charge on any atom is 0.255 e. The molecule has 0 bridgehead atoms. The van der Waals surface area contributed by atoms with Crippen LogP contribution in [0.3, 0.4) is 0 Å². The highest BCUT2D eigenvalue weighted by Crippen LogP contribution is 2.28. The first-order valence-electron chi connectivity index (χ1n) is 8.38. The van der Waals surface area contributed by atoms with Crippen LogP contribution in [0.1, 0.15) is 29.6 Å². The quantitative estimate of drug-likeness (QED) is 0.648. The number of anilines is 1. The third kappa shape index (κ3) is 5.00. The Balaban J connectivity index is 1.85. The number of nitrogens with zero attached hydrogens (tertiary/aromatic N) is 1. The molecular formula is C17H27ClN4O2. The van der Waals surface area contributed by atoms with Gasteiger partial charge in [0.25, 0.3) is 5.91 Å². The van der Waals surface area contributed by atoms with Gasteiger partial charge in [0.15, 0.2) is 0 Å². The van der Waals surface area contributed by atoms with Gasteiger partial charge in [-0.15, -0.1) is 0 Å². The van der Waals surface area contributed by atoms with Crippen LogP contribution in [0.25, 0.3) is 0 Å². The Hall–Kier alpha value is -1.50. The number of methoxy groups -OCH3 is 1. The Morgan fingerprint density at radius 2 is 2.12 bits per heavy atom. The highest BCUT2D eigenvalue weighted by atomic mass is 35.5. The maximum absolute atomic E-state index is 12.4. The van der Waals surface area contributed by atoms with E-state index in [-0.39, 0.29) is 5.91 Å². The molecule has 7 heteroatoms. The third-order valence-corrected chi connectivity index (χ3v) is 4.83. The number of nitrogens with two attached hydrogens (primary N) is 2. The number of carbonyl (C=O) groups is 1. The molecule has 6 nitrogen and oxygen atoms in total. The van der Waals surface area contributed by atoms with Crippen molar-refractivity contribution < 1.29 is 9.53 Å². The number of piperidine rings is 1. The number of likely N-dealkylation sites (tertiary alicyclic amines) is 1. The van der Waals surface area contributed by atoms with Gasteiger partial charge < -0.3 is 26.4 Å². The Morgan fingerprint density at radius 3 is 2.75 bits per heavy atom. The van der Waals surface area contributed by atoms with Gasteiger partial charge in [0.2, 0.25) is 0 Å². The van der Waals surface area contributed by atoms with E-state index in [0.29, 0.717) is 34.5 Å². The molecule has 134 valence electrons. The van der Waals surface area contributed by atoms with Crippen LogP contribution in [0.2, 0.25) is 5.02 Å². The van der Waals surface area contributed by atoms with Crippen molar-refractivity contribution in [3.63, 3.8) is 0 Å². The van der Waals surface area contributed by atoms with Crippen molar-refractivity contribution in [1.29, 1.82) is 0 Å². The lowest BCUT2D eigenvalue weighted by Gasteiger charge is -2.31. The minimum atomic E-state index is -0.181. The van der Waals surface area contributed by atoms with E-state index in [1.54, 1.807) is 12.1 Å². The maximum atomic E-state index is 12.4. The molecule has 2 rings (SSSR count). The lowest BCUT2D eigenvalue weighted by Crippen LogP contribution is -2.39. The van der Waals surface area contributed by atoms with Gasteiger partial charge in [-0.1, -0.05) is 11.6 Å². The molecule has 0 aliphatic carbocycles. The van der Waals surface area contributed by atoms with Crippen molar-refractivity contribution in [2.75, 3.05) is 45.6 Å². The number of nitrogens with one attached hydrogen (secondary N) is 1. The molecule has 1 fully saturated rings. The summed E-state index contributed by atoms with van der Waals surface area (Å²) in [5.74, 6) is 0.753. The molecule has 1 amide bonds. The number of hydrogen-bond donors (Lipinski definition) is 3. The van der Waals surface area contributed by atoms with Crippen molar-refractivity contribution in [2.24, 2.45) is 11.7 Å². The minimum absolute atomic E-state index is 0.181. The third-order valence-electron chi connectivity index (χ3n) is 4.50. The standard InChI is InChI=1S/C17H27ClN4O2/c1-24-16-10-15(20)14(18)9-13(16)17(23)21-11-12-3-7-22(8-4-12)6-2-5-19/h9-10,12H,2-8,11,19-20H2,1H3,(H,21,23). The lowest BCUT2D eigenvalue weighted by atomic mass is 9.96. The van der Waals surface area contributed by atoms with Gasteiger partial charge in [-0.05, 0) is 57.4 Å². The molecule has 1 saturated heterocycles. The zero-order valence-electron chi connectivity index (χ0n) is 14.2. The first-order valence-corrected chi connectivity index (χ1v) is 8.76. The van der Waals surface area contributed by atoms with E-state index in [1.165, 1.54) is 7.11 Å². The van der Waals surface area contributed by atoms with E-state index >= 15 is 0 Å². The Morgan fingerprint density at radius 1 is 1.42 bits per heavy atom. The first kappa shape index (κ1) is 18.8. The highest BCUT2D eigenvalue weighted by Gasteiger charge is 2.21. The van der Waals surface area contributed by atoms with Crippen molar-refractivity contribution >= 4 is 23.2 Å². The zero-order chi connectivity index (χ0) is 17.5. The number of amides is 1. The number of halogens is 1. The number of carbonyl (C=O) groups excluding carboxylic acids is 1.